The van der Waals surface area contributed by atoms with Crippen molar-refractivity contribution in [3.8, 4) is 16.9 Å². The van der Waals surface area contributed by atoms with Gasteiger partial charge in [0.05, 0.1) is 28.5 Å². The Morgan fingerprint density at radius 1 is 0.862 bits per heavy atom. The van der Waals surface area contributed by atoms with Gasteiger partial charge in [-0.15, -0.1) is 24.9 Å². The molecule has 65 heavy (non-hydrogen) atoms. The normalized spacial score (nSPS) is 15.4. The van der Waals surface area contributed by atoms with Crippen LogP contribution in [0.15, 0.2) is 125 Å². The van der Waals surface area contributed by atoms with Gasteiger partial charge in [-0.2, -0.15) is 0 Å². The van der Waals surface area contributed by atoms with Crippen molar-refractivity contribution in [3.05, 3.63) is 131 Å². The first-order valence-electron chi connectivity index (χ1n) is 21.1. The van der Waals surface area contributed by atoms with E-state index in [0.29, 0.717) is 55.6 Å². The first kappa shape index (κ1) is 45.4. The van der Waals surface area contributed by atoms with Gasteiger partial charge in [-0.1, -0.05) is 36.4 Å². The highest BCUT2D eigenvalue weighted by molar-refractivity contribution is 7.99. The number of sulfonamides is 1. The number of alkyl halides is 3. The standard InChI is InChI=1S/C46H47F3N8O6S2/c1-32(17-26-64-38-11-7-35(8-12-38)56-22-24-62-25-23-56)52-42-16-13-39(29-44(42)57(58)59)65(60,61)53-45-41-14-9-36(28-43(41)50-31-51-45)55-20-18-54(19-21-55)30-34-27-37(63-46(47,48)49)10-15-40(34)33-5-3-2-4-6-33/h2-16,27-29,31-32,52H,17-26,30H2,1H3,(H,50,51,53)/t32-/m1/s1. The minimum Gasteiger partial charge on any atom is -0.406 e. The molecule has 19 heteroatoms. The van der Waals surface area contributed by atoms with Gasteiger partial charge in [0, 0.05) is 79.6 Å². The van der Waals surface area contributed by atoms with E-state index in [1.165, 1.54) is 30.6 Å². The number of ether oxygens (including phenoxy) is 2. The molecule has 1 aromatic heterocycles. The van der Waals surface area contributed by atoms with Crippen LogP contribution in [-0.4, -0.2) is 98.8 Å². The molecule has 14 nitrogen and oxygen atoms in total. The van der Waals surface area contributed by atoms with Gasteiger partial charge in [0.15, 0.2) is 5.82 Å². The maximum absolute atomic E-state index is 13.7. The number of benzene rings is 5. The van der Waals surface area contributed by atoms with Gasteiger partial charge in [-0.05, 0) is 103 Å². The predicted molar refractivity (Wildman–Crippen MR) is 247 cm³/mol. The number of aromatic nitrogens is 2. The van der Waals surface area contributed by atoms with Crippen molar-refractivity contribution in [2.75, 3.05) is 78.1 Å². The Kier molecular flexibility index (Phi) is 13.9. The lowest BCUT2D eigenvalue weighted by Gasteiger charge is -2.36. The van der Waals surface area contributed by atoms with E-state index < -0.39 is 21.3 Å². The molecule has 0 radical (unpaired) electrons. The number of morpholine rings is 1. The van der Waals surface area contributed by atoms with E-state index >= 15 is 0 Å². The van der Waals surface area contributed by atoms with Gasteiger partial charge in [0.25, 0.3) is 15.7 Å². The Labute approximate surface area is 379 Å². The molecule has 0 unspecified atom stereocenters. The van der Waals surface area contributed by atoms with Gasteiger partial charge in [-0.25, -0.2) is 18.4 Å². The second-order valence-electron chi connectivity index (χ2n) is 15.7. The van der Waals surface area contributed by atoms with Gasteiger partial charge in [-0.3, -0.25) is 19.7 Å². The lowest BCUT2D eigenvalue weighted by atomic mass is 9.98. The topological polar surface area (TPSA) is 155 Å². The SMILES string of the molecule is C[C@H](CCSc1ccc(N2CCOCC2)cc1)Nc1ccc(S(=O)(=O)Nc2ncnc3cc(N4CCN(Cc5cc(OC(F)(F)F)ccc5-c5ccccc5)CC4)ccc23)cc1[N+](=O)[O-]. The molecule has 1 atom stereocenters. The molecule has 0 spiro atoms. The van der Waals surface area contributed by atoms with Crippen molar-refractivity contribution in [2.45, 2.75) is 42.1 Å². The Balaban J connectivity index is 0.884. The first-order chi connectivity index (χ1) is 31.3. The number of thioether (sulfide) groups is 1. The second-order valence-corrected chi connectivity index (χ2v) is 18.6. The largest absolute Gasteiger partial charge is 0.573 e. The summed E-state index contributed by atoms with van der Waals surface area (Å²) in [5.41, 5.74) is 4.76. The van der Waals surface area contributed by atoms with E-state index in [1.54, 1.807) is 23.9 Å². The summed E-state index contributed by atoms with van der Waals surface area (Å²) in [5.74, 6) is 0.511. The molecule has 2 aliphatic heterocycles. The maximum atomic E-state index is 13.7. The van der Waals surface area contributed by atoms with Crippen molar-refractivity contribution in [1.29, 1.82) is 0 Å². The molecule has 2 saturated heterocycles. The van der Waals surface area contributed by atoms with Crippen LogP contribution in [0.4, 0.5) is 41.7 Å². The van der Waals surface area contributed by atoms with Crippen LogP contribution in [0.3, 0.4) is 0 Å². The lowest BCUT2D eigenvalue weighted by Crippen LogP contribution is -2.46. The van der Waals surface area contributed by atoms with Crippen molar-refractivity contribution in [3.63, 3.8) is 0 Å². The van der Waals surface area contributed by atoms with E-state index in [0.717, 1.165) is 65.5 Å². The molecule has 3 heterocycles. The number of piperazine rings is 1. The van der Waals surface area contributed by atoms with E-state index in [4.69, 9.17) is 4.74 Å². The first-order valence-corrected chi connectivity index (χ1v) is 23.5. The quantitative estimate of drug-likeness (QED) is 0.0539. The van der Waals surface area contributed by atoms with Crippen LogP contribution in [0.25, 0.3) is 22.0 Å². The molecule has 0 saturated carbocycles. The maximum Gasteiger partial charge on any atom is 0.573 e. The molecule has 0 aliphatic carbocycles. The Morgan fingerprint density at radius 3 is 2.31 bits per heavy atom. The van der Waals surface area contributed by atoms with E-state index in [2.05, 4.69) is 63.7 Å². The summed E-state index contributed by atoms with van der Waals surface area (Å²) in [6.45, 7) is 7.98. The third kappa shape index (κ3) is 11.6. The zero-order valence-electron chi connectivity index (χ0n) is 35.4. The molecule has 8 rings (SSSR count). The Bertz CT molecular complexity index is 2720. The Morgan fingerprint density at radius 2 is 1.58 bits per heavy atom. The number of hydrogen-bond donors (Lipinski definition) is 2. The highest BCUT2D eigenvalue weighted by atomic mass is 32.2. The van der Waals surface area contributed by atoms with Crippen molar-refractivity contribution in [1.82, 2.24) is 14.9 Å². The highest BCUT2D eigenvalue weighted by Crippen LogP contribution is 2.34. The van der Waals surface area contributed by atoms with Crippen LogP contribution in [0, 0.1) is 10.1 Å². The monoisotopic (exact) mass is 928 g/mol. The number of nitrogens with one attached hydrogen (secondary N) is 2. The summed E-state index contributed by atoms with van der Waals surface area (Å²) in [4.78, 5) is 27.7. The third-order valence-electron chi connectivity index (χ3n) is 11.3. The van der Waals surface area contributed by atoms with Gasteiger partial charge < -0.3 is 24.6 Å². The summed E-state index contributed by atoms with van der Waals surface area (Å²) in [6, 6.07) is 31.3. The van der Waals surface area contributed by atoms with Gasteiger partial charge >= 0.3 is 6.36 Å². The van der Waals surface area contributed by atoms with E-state index in [9.17, 15) is 31.7 Å². The number of nitro groups is 1. The van der Waals surface area contributed by atoms with Crippen LogP contribution in [0.2, 0.25) is 0 Å². The molecule has 0 bridgehead atoms. The second kappa shape index (κ2) is 19.9. The molecule has 6 aromatic rings. The van der Waals surface area contributed by atoms with Crippen molar-refractivity contribution < 1.29 is 36.0 Å². The smallest absolute Gasteiger partial charge is 0.406 e. The zero-order valence-corrected chi connectivity index (χ0v) is 37.0. The molecule has 340 valence electrons. The van der Waals surface area contributed by atoms with Crippen LogP contribution in [0.5, 0.6) is 5.75 Å². The van der Waals surface area contributed by atoms with Gasteiger partial charge in [0.1, 0.15) is 17.8 Å². The third-order valence-corrected chi connectivity index (χ3v) is 13.7. The molecule has 2 N–H and O–H groups in total. The van der Waals surface area contributed by atoms with Crippen LogP contribution < -0.4 is 24.6 Å². The van der Waals surface area contributed by atoms with E-state index in [-0.39, 0.29) is 33.9 Å². The van der Waals surface area contributed by atoms with E-state index in [1.807, 2.05) is 49.4 Å². The number of fused-ring (bicyclic) bond motifs is 1. The van der Waals surface area contributed by atoms with Crippen molar-refractivity contribution >= 4 is 61.3 Å². The average molecular weight is 929 g/mol. The number of rotatable bonds is 16. The zero-order chi connectivity index (χ0) is 45.6. The van der Waals surface area contributed by atoms with Crippen LogP contribution in [0.1, 0.15) is 18.9 Å². The number of halogens is 3. The number of nitrogens with zero attached hydrogens (tertiary/aromatic N) is 6. The molecule has 0 amide bonds. The fraction of sp³-hybridized carbons (Fsp3) is 0.304. The minimum atomic E-state index is -4.81. The number of anilines is 4. The molecule has 5 aromatic carbocycles. The molecular weight excluding hydrogens is 882 g/mol. The fourth-order valence-corrected chi connectivity index (χ4v) is 10.0. The summed E-state index contributed by atoms with van der Waals surface area (Å²) in [7, 11) is -4.32. The summed E-state index contributed by atoms with van der Waals surface area (Å²) in [5, 5.41) is 15.8. The Hall–Kier alpha value is -6.15. The summed E-state index contributed by atoms with van der Waals surface area (Å²) >= 11 is 1.69. The highest BCUT2D eigenvalue weighted by Gasteiger charge is 2.32. The lowest BCUT2D eigenvalue weighted by molar-refractivity contribution is -0.384. The molecular formula is C46H47F3N8O6S2. The average Bonchev–Trinajstić information content (AvgIpc) is 3.29. The number of nitro benzene ring substituents is 1. The predicted octanol–water partition coefficient (Wildman–Crippen LogP) is 9.05. The summed E-state index contributed by atoms with van der Waals surface area (Å²) in [6.07, 6.45) is -2.86. The van der Waals surface area contributed by atoms with Crippen molar-refractivity contribution in [2.24, 2.45) is 0 Å². The number of hydrogen-bond acceptors (Lipinski definition) is 13. The van der Waals surface area contributed by atoms with Crippen LogP contribution in [-0.2, 0) is 21.3 Å². The summed E-state index contributed by atoms with van der Waals surface area (Å²) < 4.78 is 78.9. The molecule has 2 aliphatic rings. The van der Waals surface area contributed by atoms with Crippen LogP contribution >= 0.6 is 11.8 Å². The molecule has 2 fully saturated rings. The van der Waals surface area contributed by atoms with Gasteiger partial charge in [0.2, 0.25) is 0 Å². The fourth-order valence-electron chi connectivity index (χ4n) is 7.93. The minimum absolute atomic E-state index is 0.0176.